The largest absolute Gasteiger partial charge is 0.353 e. The van der Waals surface area contributed by atoms with Crippen molar-refractivity contribution in [1.29, 1.82) is 0 Å². The highest BCUT2D eigenvalue weighted by Gasteiger charge is 2.10. The lowest BCUT2D eigenvalue weighted by Crippen LogP contribution is -2.23. The molecule has 0 atom stereocenters. The second-order valence-electron chi connectivity index (χ2n) is 6.06. The summed E-state index contributed by atoms with van der Waals surface area (Å²) in [6.45, 7) is 4.42. The number of halogens is 1. The lowest BCUT2D eigenvalue weighted by molar-refractivity contribution is 0.0950. The number of aryl methyl sites for hydroxylation is 2. The Kier molecular flexibility index (Phi) is 5.49. The van der Waals surface area contributed by atoms with E-state index in [-0.39, 0.29) is 5.91 Å². The summed E-state index contributed by atoms with van der Waals surface area (Å²) in [6.07, 6.45) is 6.59. The predicted molar refractivity (Wildman–Crippen MR) is 104 cm³/mol. The Morgan fingerprint density at radius 1 is 1.08 bits per heavy atom. The molecule has 3 rings (SSSR count). The average Bonchev–Trinajstić information content (AvgIpc) is 2.64. The second kappa shape index (κ2) is 7.97. The number of aromatic nitrogens is 2. The fraction of sp³-hybridized carbons (Fsp3) is 0.150. The van der Waals surface area contributed by atoms with E-state index < -0.39 is 0 Å². The summed E-state index contributed by atoms with van der Waals surface area (Å²) in [7, 11) is 0. The van der Waals surface area contributed by atoms with E-state index in [0.717, 1.165) is 22.4 Å². The molecule has 0 aliphatic rings. The molecule has 3 aromatic rings. The minimum Gasteiger partial charge on any atom is -0.353 e. The zero-order valence-electron chi connectivity index (χ0n) is 14.6. The van der Waals surface area contributed by atoms with Crippen LogP contribution in [0, 0.1) is 13.8 Å². The van der Waals surface area contributed by atoms with Crippen LogP contribution in [0.4, 0.5) is 11.4 Å². The van der Waals surface area contributed by atoms with Crippen LogP contribution < -0.4 is 10.6 Å². The van der Waals surface area contributed by atoms with Crippen molar-refractivity contribution >= 4 is 28.9 Å². The maximum Gasteiger partial charge on any atom is 0.253 e. The van der Waals surface area contributed by atoms with Crippen LogP contribution in [0.3, 0.4) is 0 Å². The van der Waals surface area contributed by atoms with E-state index in [2.05, 4.69) is 20.6 Å². The van der Waals surface area contributed by atoms with Crippen LogP contribution in [-0.2, 0) is 6.54 Å². The summed E-state index contributed by atoms with van der Waals surface area (Å²) < 4.78 is 0. The standard InChI is InChI=1S/C20H19ClN4O/c1-13-7-14(2)19(18(21)8-13)25-17-9-16(11-23-12-17)20(26)24-10-15-3-5-22-6-4-15/h3-9,11-12,25H,10H2,1-2H3,(H,24,26). The molecule has 0 saturated carbocycles. The summed E-state index contributed by atoms with van der Waals surface area (Å²) >= 11 is 6.34. The maximum atomic E-state index is 12.4. The summed E-state index contributed by atoms with van der Waals surface area (Å²) in [5.41, 5.74) is 5.11. The van der Waals surface area contributed by atoms with Gasteiger partial charge in [-0.1, -0.05) is 17.7 Å². The van der Waals surface area contributed by atoms with Crippen molar-refractivity contribution in [2.24, 2.45) is 0 Å². The van der Waals surface area contributed by atoms with E-state index in [1.54, 1.807) is 24.7 Å². The third-order valence-electron chi connectivity index (χ3n) is 3.90. The molecule has 0 aliphatic carbocycles. The van der Waals surface area contributed by atoms with Gasteiger partial charge in [0, 0.05) is 25.1 Å². The monoisotopic (exact) mass is 366 g/mol. The molecule has 0 saturated heterocycles. The number of hydrogen-bond acceptors (Lipinski definition) is 4. The highest BCUT2D eigenvalue weighted by atomic mass is 35.5. The van der Waals surface area contributed by atoms with Gasteiger partial charge in [0.15, 0.2) is 0 Å². The van der Waals surface area contributed by atoms with Crippen molar-refractivity contribution in [2.75, 3.05) is 5.32 Å². The van der Waals surface area contributed by atoms with E-state index >= 15 is 0 Å². The Morgan fingerprint density at radius 3 is 2.58 bits per heavy atom. The van der Waals surface area contributed by atoms with Crippen LogP contribution in [-0.4, -0.2) is 15.9 Å². The molecular weight excluding hydrogens is 348 g/mol. The number of carbonyl (C=O) groups is 1. The summed E-state index contributed by atoms with van der Waals surface area (Å²) in [6, 6.07) is 9.42. The van der Waals surface area contributed by atoms with Gasteiger partial charge in [0.05, 0.1) is 28.2 Å². The van der Waals surface area contributed by atoms with Gasteiger partial charge < -0.3 is 10.6 Å². The molecule has 26 heavy (non-hydrogen) atoms. The molecule has 0 unspecified atom stereocenters. The Balaban J connectivity index is 1.73. The third-order valence-corrected chi connectivity index (χ3v) is 4.20. The van der Waals surface area contributed by atoms with E-state index in [4.69, 9.17) is 11.6 Å². The third kappa shape index (κ3) is 4.37. The van der Waals surface area contributed by atoms with Gasteiger partial charge in [-0.2, -0.15) is 0 Å². The van der Waals surface area contributed by atoms with Gasteiger partial charge in [-0.15, -0.1) is 0 Å². The molecule has 6 heteroatoms. The summed E-state index contributed by atoms with van der Waals surface area (Å²) in [4.78, 5) is 20.5. The molecule has 1 aromatic carbocycles. The molecule has 0 aliphatic heterocycles. The lowest BCUT2D eigenvalue weighted by Gasteiger charge is -2.13. The molecule has 2 aromatic heterocycles. The quantitative estimate of drug-likeness (QED) is 0.701. The van der Waals surface area contributed by atoms with E-state index in [9.17, 15) is 4.79 Å². The molecule has 5 nitrogen and oxygen atoms in total. The first kappa shape index (κ1) is 17.9. The number of nitrogens with zero attached hydrogens (tertiary/aromatic N) is 2. The minimum atomic E-state index is -0.190. The van der Waals surface area contributed by atoms with Gasteiger partial charge in [0.2, 0.25) is 0 Å². The van der Waals surface area contributed by atoms with E-state index in [1.807, 2.05) is 38.1 Å². The van der Waals surface area contributed by atoms with Crippen LogP contribution in [0.1, 0.15) is 27.0 Å². The first-order valence-corrected chi connectivity index (χ1v) is 8.56. The smallest absolute Gasteiger partial charge is 0.253 e. The lowest BCUT2D eigenvalue weighted by atomic mass is 10.1. The molecule has 0 spiro atoms. The fourth-order valence-electron chi connectivity index (χ4n) is 2.64. The number of benzene rings is 1. The number of amides is 1. The summed E-state index contributed by atoms with van der Waals surface area (Å²) in [5.74, 6) is -0.190. The number of rotatable bonds is 5. The van der Waals surface area contributed by atoms with Crippen LogP contribution >= 0.6 is 11.6 Å². The van der Waals surface area contributed by atoms with Gasteiger partial charge in [0.1, 0.15) is 0 Å². The van der Waals surface area contributed by atoms with E-state index in [1.165, 1.54) is 6.20 Å². The van der Waals surface area contributed by atoms with Crippen LogP contribution in [0.25, 0.3) is 0 Å². The fourth-order valence-corrected chi connectivity index (χ4v) is 3.00. The first-order chi connectivity index (χ1) is 12.5. The van der Waals surface area contributed by atoms with Crippen LogP contribution in [0.15, 0.2) is 55.1 Å². The predicted octanol–water partition coefficient (Wildman–Crippen LogP) is 4.42. The minimum absolute atomic E-state index is 0.190. The van der Waals surface area contributed by atoms with Gasteiger partial charge in [0.25, 0.3) is 5.91 Å². The second-order valence-corrected chi connectivity index (χ2v) is 6.47. The summed E-state index contributed by atoms with van der Waals surface area (Å²) in [5, 5.41) is 6.76. The van der Waals surface area contributed by atoms with Crippen molar-refractivity contribution < 1.29 is 4.79 Å². The van der Waals surface area contributed by atoms with Crippen molar-refractivity contribution in [3.05, 3.63) is 82.4 Å². The molecule has 0 radical (unpaired) electrons. The highest BCUT2D eigenvalue weighted by Crippen LogP contribution is 2.30. The SMILES string of the molecule is Cc1cc(C)c(Nc2cncc(C(=O)NCc3ccncc3)c2)c(Cl)c1. The normalized spacial score (nSPS) is 10.4. The molecule has 0 bridgehead atoms. The van der Waals surface area contributed by atoms with Crippen LogP contribution in [0.2, 0.25) is 5.02 Å². The van der Waals surface area contributed by atoms with Gasteiger partial charge >= 0.3 is 0 Å². The molecule has 132 valence electrons. The number of hydrogen-bond donors (Lipinski definition) is 2. The Bertz CT molecular complexity index is 905. The van der Waals surface area contributed by atoms with Crippen molar-refractivity contribution in [1.82, 2.24) is 15.3 Å². The molecule has 1 amide bonds. The number of pyridine rings is 2. The van der Waals surface area contributed by atoms with Crippen molar-refractivity contribution in [2.45, 2.75) is 20.4 Å². The number of anilines is 2. The van der Waals surface area contributed by atoms with Gasteiger partial charge in [-0.05, 0) is 54.8 Å². The topological polar surface area (TPSA) is 66.9 Å². The molecule has 2 N–H and O–H groups in total. The zero-order chi connectivity index (χ0) is 18.5. The molecular formula is C20H19ClN4O. The number of nitrogens with one attached hydrogen (secondary N) is 2. The zero-order valence-corrected chi connectivity index (χ0v) is 15.3. The highest BCUT2D eigenvalue weighted by molar-refractivity contribution is 6.33. The first-order valence-electron chi connectivity index (χ1n) is 8.19. The van der Waals surface area contributed by atoms with Crippen molar-refractivity contribution in [3.8, 4) is 0 Å². The van der Waals surface area contributed by atoms with E-state index in [0.29, 0.717) is 22.8 Å². The van der Waals surface area contributed by atoms with Gasteiger partial charge in [-0.3, -0.25) is 14.8 Å². The average molecular weight is 367 g/mol. The number of carbonyl (C=O) groups excluding carboxylic acids is 1. The maximum absolute atomic E-state index is 12.4. The van der Waals surface area contributed by atoms with Gasteiger partial charge in [-0.25, -0.2) is 0 Å². The molecule has 0 fully saturated rings. The molecule has 2 heterocycles. The Morgan fingerprint density at radius 2 is 1.85 bits per heavy atom. The Hall–Kier alpha value is -2.92. The Labute approximate surface area is 157 Å². The van der Waals surface area contributed by atoms with Crippen molar-refractivity contribution in [3.63, 3.8) is 0 Å². The van der Waals surface area contributed by atoms with Crippen LogP contribution in [0.5, 0.6) is 0 Å².